The summed E-state index contributed by atoms with van der Waals surface area (Å²) in [7, 11) is 0. The van der Waals surface area contributed by atoms with Crippen molar-refractivity contribution < 1.29 is 0 Å². The molecular formula is C22H22ClN3S2. The third-order valence-electron chi connectivity index (χ3n) is 3.97. The maximum Gasteiger partial charge on any atom is 0.183 e. The van der Waals surface area contributed by atoms with Crippen molar-refractivity contribution in [1.82, 2.24) is 10.3 Å². The molecule has 28 heavy (non-hydrogen) atoms. The van der Waals surface area contributed by atoms with Gasteiger partial charge in [-0.15, -0.1) is 11.3 Å². The van der Waals surface area contributed by atoms with E-state index in [0.717, 1.165) is 33.0 Å². The van der Waals surface area contributed by atoms with Crippen LogP contribution in [0.1, 0.15) is 12.5 Å². The van der Waals surface area contributed by atoms with E-state index < -0.39 is 0 Å². The van der Waals surface area contributed by atoms with Gasteiger partial charge in [0.2, 0.25) is 0 Å². The predicted octanol–water partition coefficient (Wildman–Crippen LogP) is 6.77. The second kappa shape index (κ2) is 10.4. The van der Waals surface area contributed by atoms with Crippen LogP contribution < -0.4 is 10.6 Å². The predicted molar refractivity (Wildman–Crippen MR) is 125 cm³/mol. The van der Waals surface area contributed by atoms with Crippen molar-refractivity contribution >= 4 is 39.8 Å². The quantitative estimate of drug-likeness (QED) is 0.395. The van der Waals surface area contributed by atoms with E-state index in [9.17, 15) is 0 Å². The molecule has 0 spiro atoms. The summed E-state index contributed by atoms with van der Waals surface area (Å²) >= 11 is 9.19. The van der Waals surface area contributed by atoms with Gasteiger partial charge in [0.05, 0.1) is 10.7 Å². The first-order valence-corrected chi connectivity index (χ1v) is 11.0. The van der Waals surface area contributed by atoms with Gasteiger partial charge in [-0.25, -0.2) is 4.98 Å². The number of thiazole rings is 1. The van der Waals surface area contributed by atoms with Crippen LogP contribution in [0.4, 0.5) is 5.13 Å². The molecule has 3 aromatic rings. The number of nitrogens with zero attached hydrogens (tertiary/aromatic N) is 1. The molecule has 0 unspecified atom stereocenters. The van der Waals surface area contributed by atoms with E-state index in [4.69, 9.17) is 11.6 Å². The van der Waals surface area contributed by atoms with Crippen LogP contribution in [0.15, 0.2) is 82.6 Å². The molecule has 6 heteroatoms. The number of allylic oxidation sites excluding steroid dienone is 1. The van der Waals surface area contributed by atoms with Gasteiger partial charge in [-0.1, -0.05) is 78.5 Å². The van der Waals surface area contributed by atoms with Gasteiger partial charge >= 0.3 is 0 Å². The van der Waals surface area contributed by atoms with Crippen LogP contribution in [0.3, 0.4) is 0 Å². The molecule has 0 aliphatic carbocycles. The van der Waals surface area contributed by atoms with Crippen molar-refractivity contribution in [1.29, 1.82) is 0 Å². The highest BCUT2D eigenvalue weighted by atomic mass is 35.5. The van der Waals surface area contributed by atoms with Crippen LogP contribution >= 0.6 is 34.7 Å². The molecule has 1 heterocycles. The lowest BCUT2D eigenvalue weighted by atomic mass is 10.2. The number of rotatable bonds is 9. The largest absolute Gasteiger partial charge is 0.376 e. The third-order valence-corrected chi connectivity index (χ3v) is 6.05. The normalized spacial score (nSPS) is 11.3. The number of thioether (sulfide) groups is 1. The summed E-state index contributed by atoms with van der Waals surface area (Å²) in [5.41, 5.74) is 3.25. The average Bonchev–Trinajstić information content (AvgIpc) is 3.20. The van der Waals surface area contributed by atoms with Crippen molar-refractivity contribution in [3.63, 3.8) is 0 Å². The van der Waals surface area contributed by atoms with E-state index in [1.807, 2.05) is 54.8 Å². The molecule has 0 saturated carbocycles. The fourth-order valence-electron chi connectivity index (χ4n) is 2.46. The summed E-state index contributed by atoms with van der Waals surface area (Å²) in [6, 6.07) is 18.0. The van der Waals surface area contributed by atoms with Gasteiger partial charge in [0.15, 0.2) is 5.13 Å². The summed E-state index contributed by atoms with van der Waals surface area (Å²) in [5.74, 6) is 0. The zero-order chi connectivity index (χ0) is 19.8. The Kier molecular flexibility index (Phi) is 7.60. The molecule has 0 saturated heterocycles. The molecule has 3 rings (SSSR count). The second-order valence-electron chi connectivity index (χ2n) is 6.02. The van der Waals surface area contributed by atoms with E-state index in [1.165, 1.54) is 10.5 Å². The van der Waals surface area contributed by atoms with Gasteiger partial charge in [-0.05, 0) is 24.6 Å². The molecule has 2 aromatic carbocycles. The molecule has 1 aromatic heterocycles. The Balaban J connectivity index is 1.49. The number of halogens is 1. The maximum atomic E-state index is 5.95. The van der Waals surface area contributed by atoms with Crippen LogP contribution in [0.25, 0.3) is 11.3 Å². The minimum absolute atomic E-state index is 0.709. The van der Waals surface area contributed by atoms with E-state index in [2.05, 4.69) is 40.4 Å². The molecule has 0 radical (unpaired) electrons. The molecule has 0 aliphatic rings. The standard InChI is InChI=1S/C22H22ClN3S2/c1-3-20(28-16(2)24-13-17-7-5-4-6-8-17)14-25-22-26-21(15-27-22)18-9-11-19(23)12-10-18/h3-12,15,24H,2,13-14H2,1H3,(H,25,26)/b20-3-. The number of benzene rings is 2. The lowest BCUT2D eigenvalue weighted by Gasteiger charge is -2.12. The highest BCUT2D eigenvalue weighted by molar-refractivity contribution is 8.06. The fourth-order valence-corrected chi connectivity index (χ4v) is 4.03. The first kappa shape index (κ1) is 20.5. The first-order chi connectivity index (χ1) is 13.6. The second-order valence-corrected chi connectivity index (χ2v) is 8.53. The van der Waals surface area contributed by atoms with Crippen LogP contribution in [0.5, 0.6) is 0 Å². The van der Waals surface area contributed by atoms with Crippen LogP contribution in [-0.4, -0.2) is 11.5 Å². The molecule has 144 valence electrons. The summed E-state index contributed by atoms with van der Waals surface area (Å²) in [6.07, 6.45) is 2.10. The van der Waals surface area contributed by atoms with E-state index in [0.29, 0.717) is 6.54 Å². The lowest BCUT2D eigenvalue weighted by Crippen LogP contribution is -2.11. The van der Waals surface area contributed by atoms with E-state index >= 15 is 0 Å². The van der Waals surface area contributed by atoms with E-state index in [1.54, 1.807) is 23.1 Å². The summed E-state index contributed by atoms with van der Waals surface area (Å²) in [4.78, 5) is 5.85. The zero-order valence-electron chi connectivity index (χ0n) is 15.6. The van der Waals surface area contributed by atoms with Gasteiger partial charge < -0.3 is 10.6 Å². The molecule has 0 aliphatic heterocycles. The number of nitrogens with one attached hydrogen (secondary N) is 2. The summed E-state index contributed by atoms with van der Waals surface area (Å²) in [6.45, 7) is 7.64. The molecule has 0 atom stereocenters. The Bertz CT molecular complexity index is 934. The van der Waals surface area contributed by atoms with Crippen molar-refractivity contribution in [3.05, 3.63) is 93.2 Å². The van der Waals surface area contributed by atoms with Gasteiger partial charge in [-0.2, -0.15) is 0 Å². The molecular weight excluding hydrogens is 406 g/mol. The summed E-state index contributed by atoms with van der Waals surface area (Å²) < 4.78 is 0. The molecule has 2 N–H and O–H groups in total. The molecule has 0 fully saturated rings. The number of hydrogen-bond donors (Lipinski definition) is 2. The third kappa shape index (κ3) is 6.16. The number of aromatic nitrogens is 1. The van der Waals surface area contributed by atoms with Crippen LogP contribution in [0, 0.1) is 0 Å². The Labute approximate surface area is 179 Å². The zero-order valence-corrected chi connectivity index (χ0v) is 18.0. The van der Waals surface area contributed by atoms with Crippen LogP contribution in [-0.2, 0) is 6.54 Å². The van der Waals surface area contributed by atoms with Gasteiger partial charge in [-0.3, -0.25) is 0 Å². The highest BCUT2D eigenvalue weighted by Crippen LogP contribution is 2.27. The van der Waals surface area contributed by atoms with Crippen molar-refractivity contribution in [3.8, 4) is 11.3 Å². The first-order valence-electron chi connectivity index (χ1n) is 8.89. The Hall–Kier alpha value is -2.21. The molecule has 0 amide bonds. The average molecular weight is 428 g/mol. The smallest absolute Gasteiger partial charge is 0.183 e. The van der Waals surface area contributed by atoms with Crippen molar-refractivity contribution in [2.24, 2.45) is 0 Å². The minimum Gasteiger partial charge on any atom is -0.376 e. The van der Waals surface area contributed by atoms with Crippen molar-refractivity contribution in [2.45, 2.75) is 13.5 Å². The summed E-state index contributed by atoms with van der Waals surface area (Å²) in [5, 5.41) is 11.4. The fraction of sp³-hybridized carbons (Fsp3) is 0.136. The van der Waals surface area contributed by atoms with E-state index in [-0.39, 0.29) is 0 Å². The van der Waals surface area contributed by atoms with Gasteiger partial charge in [0.25, 0.3) is 0 Å². The van der Waals surface area contributed by atoms with Gasteiger partial charge in [0.1, 0.15) is 0 Å². The molecule has 3 nitrogen and oxygen atoms in total. The topological polar surface area (TPSA) is 37.0 Å². The SMILES string of the molecule is C=C(NCc1ccccc1)S/C(=C\C)CNc1nc(-c2ccc(Cl)cc2)cs1. The minimum atomic E-state index is 0.709. The van der Waals surface area contributed by atoms with Crippen LogP contribution in [0.2, 0.25) is 5.02 Å². The Morgan fingerprint density at radius 1 is 1.18 bits per heavy atom. The monoisotopic (exact) mass is 427 g/mol. The van der Waals surface area contributed by atoms with Gasteiger partial charge in [0, 0.05) is 34.0 Å². The lowest BCUT2D eigenvalue weighted by molar-refractivity contribution is 0.860. The number of hydrogen-bond acceptors (Lipinski definition) is 5. The Morgan fingerprint density at radius 2 is 1.93 bits per heavy atom. The van der Waals surface area contributed by atoms with Crippen molar-refractivity contribution in [2.75, 3.05) is 11.9 Å². The molecule has 0 bridgehead atoms. The number of anilines is 1. The maximum absolute atomic E-state index is 5.95. The Morgan fingerprint density at radius 3 is 2.64 bits per heavy atom. The highest BCUT2D eigenvalue weighted by Gasteiger charge is 2.06.